The fourth-order valence-corrected chi connectivity index (χ4v) is 1.47. The van der Waals surface area contributed by atoms with Crippen LogP contribution in [0, 0.1) is 5.92 Å². The molecule has 0 aromatic heterocycles. The molecule has 1 unspecified atom stereocenters. The van der Waals surface area contributed by atoms with E-state index in [4.69, 9.17) is 0 Å². The van der Waals surface area contributed by atoms with Crippen LogP contribution in [0.25, 0.3) is 0 Å². The number of allylic oxidation sites excluding steroid dienone is 2. The Labute approximate surface area is 58.0 Å². The van der Waals surface area contributed by atoms with E-state index in [2.05, 4.69) is 19.9 Å². The van der Waals surface area contributed by atoms with E-state index < -0.39 is 0 Å². The number of rotatable bonds is 3. The van der Waals surface area contributed by atoms with Crippen LogP contribution in [0.3, 0.4) is 0 Å². The lowest BCUT2D eigenvalue weighted by atomic mass is 9.81. The second-order valence-electron chi connectivity index (χ2n) is 2.87. The molecule has 0 heteroatoms. The summed E-state index contributed by atoms with van der Waals surface area (Å²) >= 11 is 0. The highest BCUT2D eigenvalue weighted by atomic mass is 14.2. The zero-order chi connectivity index (χ0) is 6.69. The first-order valence-corrected chi connectivity index (χ1v) is 4.07. The Morgan fingerprint density at radius 2 is 2.33 bits per heavy atom. The molecule has 1 aliphatic rings. The van der Waals surface area contributed by atoms with E-state index in [-0.39, 0.29) is 0 Å². The first kappa shape index (κ1) is 6.85. The molecule has 1 aliphatic carbocycles. The average Bonchev–Trinajstić information content (AvgIpc) is 1.82. The molecule has 0 saturated carbocycles. The van der Waals surface area contributed by atoms with E-state index in [9.17, 15) is 0 Å². The summed E-state index contributed by atoms with van der Waals surface area (Å²) in [5.74, 6) is 0.963. The van der Waals surface area contributed by atoms with E-state index in [0.29, 0.717) is 0 Å². The summed E-state index contributed by atoms with van der Waals surface area (Å²) in [6, 6.07) is 0. The van der Waals surface area contributed by atoms with E-state index in [1.54, 1.807) is 5.57 Å². The first-order valence-electron chi connectivity index (χ1n) is 4.07. The minimum atomic E-state index is 0.963. The molecule has 0 bridgehead atoms. The summed E-state index contributed by atoms with van der Waals surface area (Å²) in [5, 5.41) is 0. The third kappa shape index (κ3) is 1.35. The van der Waals surface area contributed by atoms with Gasteiger partial charge < -0.3 is 0 Å². The van der Waals surface area contributed by atoms with Crippen molar-refractivity contribution in [3.8, 4) is 0 Å². The lowest BCUT2D eigenvalue weighted by Gasteiger charge is -2.25. The molecular formula is C9H16. The van der Waals surface area contributed by atoms with Gasteiger partial charge in [0.25, 0.3) is 0 Å². The molecule has 1 rings (SSSR count). The van der Waals surface area contributed by atoms with Crippen molar-refractivity contribution in [1.29, 1.82) is 0 Å². The Morgan fingerprint density at radius 3 is 2.67 bits per heavy atom. The molecule has 0 aromatic rings. The van der Waals surface area contributed by atoms with Crippen molar-refractivity contribution in [2.24, 2.45) is 5.92 Å². The zero-order valence-electron chi connectivity index (χ0n) is 6.48. The summed E-state index contributed by atoms with van der Waals surface area (Å²) in [4.78, 5) is 0. The van der Waals surface area contributed by atoms with Gasteiger partial charge in [0.15, 0.2) is 0 Å². The largest absolute Gasteiger partial charge is 0.0844 e. The Morgan fingerprint density at radius 1 is 1.56 bits per heavy atom. The normalized spacial score (nSPS) is 25.1. The number of hydrogen-bond acceptors (Lipinski definition) is 0. The molecule has 0 nitrogen and oxygen atoms in total. The van der Waals surface area contributed by atoms with Crippen molar-refractivity contribution >= 4 is 0 Å². The molecule has 0 amide bonds. The van der Waals surface area contributed by atoms with Crippen molar-refractivity contribution in [2.75, 3.05) is 0 Å². The number of hydrogen-bond donors (Lipinski definition) is 0. The average molecular weight is 124 g/mol. The van der Waals surface area contributed by atoms with Gasteiger partial charge in [-0.2, -0.15) is 0 Å². The highest BCUT2D eigenvalue weighted by Gasteiger charge is 2.17. The summed E-state index contributed by atoms with van der Waals surface area (Å²) in [5.41, 5.74) is 1.72. The van der Waals surface area contributed by atoms with Crippen LogP contribution in [0.2, 0.25) is 0 Å². The van der Waals surface area contributed by atoms with Gasteiger partial charge in [0, 0.05) is 0 Å². The smallest absolute Gasteiger partial charge is 0.0171 e. The Bertz CT molecular complexity index is 111. The standard InChI is InChI=1S/C9H16/c1-3-5-9-7-6-8(9)4-2/h7-8H,3-6H2,1-2H3. The van der Waals surface area contributed by atoms with Crippen molar-refractivity contribution in [1.82, 2.24) is 0 Å². The van der Waals surface area contributed by atoms with E-state index in [0.717, 1.165) is 5.92 Å². The van der Waals surface area contributed by atoms with Crippen molar-refractivity contribution < 1.29 is 0 Å². The second-order valence-corrected chi connectivity index (χ2v) is 2.87. The third-order valence-corrected chi connectivity index (χ3v) is 2.22. The SMILES string of the molecule is CCCC1=CCC1CC. The van der Waals surface area contributed by atoms with Crippen molar-refractivity contribution in [2.45, 2.75) is 39.5 Å². The van der Waals surface area contributed by atoms with Crippen molar-refractivity contribution in [3.05, 3.63) is 11.6 Å². The zero-order valence-corrected chi connectivity index (χ0v) is 6.48. The van der Waals surface area contributed by atoms with Gasteiger partial charge in [-0.1, -0.05) is 31.9 Å². The minimum absolute atomic E-state index is 0.963. The maximum atomic E-state index is 2.40. The van der Waals surface area contributed by atoms with Crippen LogP contribution in [-0.4, -0.2) is 0 Å². The predicted molar refractivity (Wildman–Crippen MR) is 41.4 cm³/mol. The summed E-state index contributed by atoms with van der Waals surface area (Å²) in [6.07, 6.45) is 7.77. The minimum Gasteiger partial charge on any atom is -0.0844 e. The molecule has 9 heavy (non-hydrogen) atoms. The molecule has 0 radical (unpaired) electrons. The second kappa shape index (κ2) is 3.05. The third-order valence-electron chi connectivity index (χ3n) is 2.22. The molecule has 0 N–H and O–H groups in total. The molecule has 0 fully saturated rings. The van der Waals surface area contributed by atoms with Gasteiger partial charge in [-0.25, -0.2) is 0 Å². The molecule has 0 aromatic carbocycles. The summed E-state index contributed by atoms with van der Waals surface area (Å²) in [6.45, 7) is 4.54. The van der Waals surface area contributed by atoms with E-state index >= 15 is 0 Å². The molecule has 1 atom stereocenters. The maximum Gasteiger partial charge on any atom is -0.0171 e. The van der Waals surface area contributed by atoms with Gasteiger partial charge in [0.2, 0.25) is 0 Å². The van der Waals surface area contributed by atoms with Crippen LogP contribution >= 0.6 is 0 Å². The van der Waals surface area contributed by atoms with Crippen LogP contribution in [0.4, 0.5) is 0 Å². The van der Waals surface area contributed by atoms with Crippen LogP contribution in [0.1, 0.15) is 39.5 Å². The van der Waals surface area contributed by atoms with Gasteiger partial charge in [-0.15, -0.1) is 0 Å². The fourth-order valence-electron chi connectivity index (χ4n) is 1.47. The Hall–Kier alpha value is -0.260. The van der Waals surface area contributed by atoms with Gasteiger partial charge >= 0.3 is 0 Å². The van der Waals surface area contributed by atoms with Crippen LogP contribution in [0.15, 0.2) is 11.6 Å². The quantitative estimate of drug-likeness (QED) is 0.507. The lowest BCUT2D eigenvalue weighted by molar-refractivity contribution is 0.516. The highest BCUT2D eigenvalue weighted by molar-refractivity contribution is 5.17. The van der Waals surface area contributed by atoms with Gasteiger partial charge in [-0.05, 0) is 25.2 Å². The van der Waals surface area contributed by atoms with Crippen molar-refractivity contribution in [3.63, 3.8) is 0 Å². The van der Waals surface area contributed by atoms with Gasteiger partial charge in [0.1, 0.15) is 0 Å². The fraction of sp³-hybridized carbons (Fsp3) is 0.778. The molecule has 0 spiro atoms. The first-order chi connectivity index (χ1) is 4.38. The van der Waals surface area contributed by atoms with Crippen LogP contribution in [0.5, 0.6) is 0 Å². The summed E-state index contributed by atoms with van der Waals surface area (Å²) < 4.78 is 0. The van der Waals surface area contributed by atoms with E-state index in [1.807, 2.05) is 0 Å². The predicted octanol–water partition coefficient (Wildman–Crippen LogP) is 3.14. The molecule has 0 saturated heterocycles. The van der Waals surface area contributed by atoms with E-state index in [1.165, 1.54) is 25.7 Å². The van der Waals surface area contributed by atoms with Crippen LogP contribution < -0.4 is 0 Å². The maximum absolute atomic E-state index is 2.40. The highest BCUT2D eigenvalue weighted by Crippen LogP contribution is 2.32. The lowest BCUT2D eigenvalue weighted by Crippen LogP contribution is -2.10. The molecule has 52 valence electrons. The van der Waals surface area contributed by atoms with Crippen LogP contribution in [-0.2, 0) is 0 Å². The van der Waals surface area contributed by atoms with Gasteiger partial charge in [0.05, 0.1) is 0 Å². The summed E-state index contributed by atoms with van der Waals surface area (Å²) in [7, 11) is 0. The monoisotopic (exact) mass is 124 g/mol. The Balaban J connectivity index is 2.26. The van der Waals surface area contributed by atoms with Gasteiger partial charge in [-0.3, -0.25) is 0 Å². The molecular weight excluding hydrogens is 108 g/mol. The Kier molecular flexibility index (Phi) is 2.32. The molecule has 0 heterocycles. The molecule has 0 aliphatic heterocycles. The topological polar surface area (TPSA) is 0 Å².